The van der Waals surface area contributed by atoms with E-state index in [0.717, 1.165) is 83.2 Å². The van der Waals surface area contributed by atoms with E-state index in [1.807, 2.05) is 37.3 Å². The molecule has 65 heavy (non-hydrogen) atoms. The fraction of sp³-hybridized carbons (Fsp3) is 0.0192. The zero-order valence-corrected chi connectivity index (χ0v) is 34.3. The Kier molecular flexibility index (Phi) is 8.79. The first-order chi connectivity index (χ1) is 31.9. The molecule has 0 saturated carbocycles. The number of nitrogens with zero attached hydrogens (tertiary/aromatic N) is 11. The summed E-state index contributed by atoms with van der Waals surface area (Å²) >= 11 is 0. The fourth-order valence-corrected chi connectivity index (χ4v) is 8.89. The van der Waals surface area contributed by atoms with Gasteiger partial charge >= 0.3 is 0 Å². The Hall–Kier alpha value is -8.97. The van der Waals surface area contributed by atoms with Crippen molar-refractivity contribution in [1.82, 2.24) is 54.0 Å². The number of halogens is 2. The first-order valence-electron chi connectivity index (χ1n) is 20.7. The van der Waals surface area contributed by atoms with Gasteiger partial charge in [0.25, 0.3) is 0 Å². The lowest BCUT2D eigenvalue weighted by Gasteiger charge is -2.20. The quantitative estimate of drug-likeness (QED) is 0.154. The van der Waals surface area contributed by atoms with Crippen molar-refractivity contribution in [3.63, 3.8) is 0 Å². The molecule has 12 rings (SSSR count). The van der Waals surface area contributed by atoms with Crippen LogP contribution in [-0.4, -0.2) is 54.0 Å². The first kappa shape index (κ1) is 37.8. The smallest absolute Gasteiger partial charge is 0.162 e. The summed E-state index contributed by atoms with van der Waals surface area (Å²) in [6.07, 6.45) is 13.2. The SMILES string of the molecule is Cc1cc(-n2c3cc(-c4ncccn4)ccc3c3ccc(-c4ncccn4)cc32)c(-c2cc(F)cc(F)c2)cc1-n1c2cc(-c3ncccn3)ccc2c2ccc(-c3ncncn3)cc21. The average molecular weight is 848 g/mol. The molecular weight excluding hydrogens is 817 g/mol. The molecule has 0 unspecified atom stereocenters. The summed E-state index contributed by atoms with van der Waals surface area (Å²) < 4.78 is 35.4. The molecule has 0 aliphatic heterocycles. The molecule has 12 aromatic rings. The van der Waals surface area contributed by atoms with Crippen LogP contribution in [0.1, 0.15) is 5.56 Å². The maximum Gasteiger partial charge on any atom is 0.162 e. The summed E-state index contributed by atoms with van der Waals surface area (Å²) in [4.78, 5) is 40.3. The summed E-state index contributed by atoms with van der Waals surface area (Å²) in [5.74, 6) is 0.819. The fourth-order valence-electron chi connectivity index (χ4n) is 8.89. The number of hydrogen-bond acceptors (Lipinski definition) is 9. The van der Waals surface area contributed by atoms with E-state index < -0.39 is 11.6 Å². The zero-order chi connectivity index (χ0) is 43.6. The van der Waals surface area contributed by atoms with Crippen LogP contribution in [-0.2, 0) is 0 Å². The van der Waals surface area contributed by atoms with E-state index in [-0.39, 0.29) is 0 Å². The lowest BCUT2D eigenvalue weighted by Crippen LogP contribution is -2.04. The molecule has 6 aromatic carbocycles. The Morgan fingerprint density at radius 3 is 1.14 bits per heavy atom. The van der Waals surface area contributed by atoms with Gasteiger partial charge in [-0.05, 0) is 84.8 Å². The number of benzene rings is 6. The minimum Gasteiger partial charge on any atom is -0.309 e. The van der Waals surface area contributed by atoms with Gasteiger partial charge in [-0.3, -0.25) is 0 Å². The van der Waals surface area contributed by atoms with Gasteiger partial charge in [-0.2, -0.15) is 0 Å². The normalized spacial score (nSPS) is 11.6. The Morgan fingerprint density at radius 1 is 0.369 bits per heavy atom. The Bertz CT molecular complexity index is 3590. The molecule has 0 aliphatic rings. The summed E-state index contributed by atoms with van der Waals surface area (Å²) in [5.41, 5.74) is 9.93. The van der Waals surface area contributed by atoms with Crippen molar-refractivity contribution in [3.8, 4) is 68.1 Å². The molecule has 0 fully saturated rings. The van der Waals surface area contributed by atoms with E-state index >= 15 is 8.78 Å². The van der Waals surface area contributed by atoms with Gasteiger partial charge in [0.1, 0.15) is 24.3 Å². The summed E-state index contributed by atoms with van der Waals surface area (Å²) in [7, 11) is 0. The van der Waals surface area contributed by atoms with Gasteiger partial charge in [0, 0.05) is 98.3 Å². The summed E-state index contributed by atoms with van der Waals surface area (Å²) in [6, 6.07) is 37.7. The summed E-state index contributed by atoms with van der Waals surface area (Å²) in [6.45, 7) is 2.05. The lowest BCUT2D eigenvalue weighted by molar-refractivity contribution is 0.584. The van der Waals surface area contributed by atoms with Crippen LogP contribution in [0.3, 0.4) is 0 Å². The molecule has 0 atom stereocenters. The van der Waals surface area contributed by atoms with Gasteiger partial charge in [-0.25, -0.2) is 53.6 Å². The topological polar surface area (TPSA) is 126 Å². The van der Waals surface area contributed by atoms with Gasteiger partial charge in [0.05, 0.1) is 27.8 Å². The molecule has 0 N–H and O–H groups in total. The van der Waals surface area contributed by atoms with Crippen molar-refractivity contribution in [2.45, 2.75) is 6.92 Å². The van der Waals surface area contributed by atoms with Crippen LogP contribution in [0.2, 0.25) is 0 Å². The van der Waals surface area contributed by atoms with Crippen molar-refractivity contribution in [3.05, 3.63) is 188 Å². The third-order valence-corrected chi connectivity index (χ3v) is 11.7. The highest BCUT2D eigenvalue weighted by Crippen LogP contribution is 2.43. The van der Waals surface area contributed by atoms with Crippen molar-refractivity contribution >= 4 is 43.6 Å². The predicted octanol–water partition coefficient (Wildman–Crippen LogP) is 11.4. The van der Waals surface area contributed by atoms with Crippen molar-refractivity contribution in [1.29, 1.82) is 0 Å². The van der Waals surface area contributed by atoms with E-state index in [0.29, 0.717) is 40.1 Å². The minimum absolute atomic E-state index is 0.351. The van der Waals surface area contributed by atoms with Crippen molar-refractivity contribution in [2.24, 2.45) is 0 Å². The van der Waals surface area contributed by atoms with Crippen molar-refractivity contribution < 1.29 is 8.78 Å². The largest absolute Gasteiger partial charge is 0.309 e. The minimum atomic E-state index is -0.700. The molecule has 0 radical (unpaired) electrons. The molecule has 0 bridgehead atoms. The molecule has 11 nitrogen and oxygen atoms in total. The standard InChI is InChI=1S/C52H31F2N11/c1-30-19-44(65-47-23-32(50-58-15-3-16-59-50)6-10-40(47)41-11-7-33(24-48(41)65)51-60-17-4-18-61-51)42(35-20-36(53)26-37(54)21-35)27-43(30)64-45-22-31(49-56-13-2-14-57-49)5-9-38(45)39-12-8-34(25-46(39)64)52-62-28-55-29-63-52/h2-29H,1H3. The molecule has 13 heteroatoms. The molecule has 0 aliphatic carbocycles. The monoisotopic (exact) mass is 847 g/mol. The predicted molar refractivity (Wildman–Crippen MR) is 247 cm³/mol. The number of hydrogen-bond donors (Lipinski definition) is 0. The van der Waals surface area contributed by atoms with Crippen LogP contribution >= 0.6 is 0 Å². The molecule has 0 saturated heterocycles. The number of rotatable bonds is 7. The zero-order valence-electron chi connectivity index (χ0n) is 34.3. The highest BCUT2D eigenvalue weighted by molar-refractivity contribution is 6.13. The van der Waals surface area contributed by atoms with Crippen LogP contribution in [0.25, 0.3) is 112 Å². The van der Waals surface area contributed by atoms with Crippen LogP contribution < -0.4 is 0 Å². The second-order valence-corrected chi connectivity index (χ2v) is 15.6. The number of fused-ring (bicyclic) bond motifs is 6. The molecular formula is C52H31F2N11. The maximum absolute atomic E-state index is 15.5. The first-order valence-corrected chi connectivity index (χ1v) is 20.7. The third kappa shape index (κ3) is 6.44. The Morgan fingerprint density at radius 2 is 0.738 bits per heavy atom. The van der Waals surface area contributed by atoms with Crippen LogP contribution in [0.4, 0.5) is 8.78 Å². The Balaban J connectivity index is 1.19. The second kappa shape index (κ2) is 15.1. The van der Waals surface area contributed by atoms with Crippen molar-refractivity contribution in [2.75, 3.05) is 0 Å². The van der Waals surface area contributed by atoms with Crippen LogP contribution in [0.5, 0.6) is 0 Å². The van der Waals surface area contributed by atoms with Gasteiger partial charge in [0.15, 0.2) is 23.3 Å². The summed E-state index contributed by atoms with van der Waals surface area (Å²) in [5, 5.41) is 3.88. The van der Waals surface area contributed by atoms with Crippen LogP contribution in [0.15, 0.2) is 171 Å². The van der Waals surface area contributed by atoms with Gasteiger partial charge in [-0.15, -0.1) is 0 Å². The van der Waals surface area contributed by atoms with Gasteiger partial charge in [-0.1, -0.05) is 48.5 Å². The molecule has 6 aromatic heterocycles. The number of aryl methyl sites for hydroxylation is 1. The number of aromatic nitrogens is 11. The highest BCUT2D eigenvalue weighted by atomic mass is 19.1. The van der Waals surface area contributed by atoms with Gasteiger partial charge < -0.3 is 9.13 Å². The van der Waals surface area contributed by atoms with Crippen LogP contribution in [0, 0.1) is 18.6 Å². The highest BCUT2D eigenvalue weighted by Gasteiger charge is 2.23. The lowest BCUT2D eigenvalue weighted by atomic mass is 9.99. The molecule has 308 valence electrons. The van der Waals surface area contributed by atoms with E-state index in [9.17, 15) is 0 Å². The molecule has 6 heterocycles. The molecule has 0 spiro atoms. The van der Waals surface area contributed by atoms with E-state index in [1.165, 1.54) is 24.8 Å². The second-order valence-electron chi connectivity index (χ2n) is 15.6. The van der Waals surface area contributed by atoms with E-state index in [4.69, 9.17) is 0 Å². The molecule has 0 amide bonds. The maximum atomic E-state index is 15.5. The van der Waals surface area contributed by atoms with Gasteiger partial charge in [0.2, 0.25) is 0 Å². The average Bonchev–Trinajstić information content (AvgIpc) is 3.85. The Labute approximate surface area is 368 Å². The van der Waals surface area contributed by atoms with E-state index in [1.54, 1.807) is 55.4 Å². The van der Waals surface area contributed by atoms with E-state index in [2.05, 4.69) is 109 Å². The third-order valence-electron chi connectivity index (χ3n) is 11.7.